The molecule has 1 amide bonds. The van der Waals surface area contributed by atoms with Crippen molar-refractivity contribution in [3.8, 4) is 5.88 Å². The Morgan fingerprint density at radius 1 is 1.21 bits per heavy atom. The zero-order chi connectivity index (χ0) is 16.4. The summed E-state index contributed by atoms with van der Waals surface area (Å²) in [6.07, 6.45) is 6.59. The minimum Gasteiger partial charge on any atom is -0.472 e. The van der Waals surface area contributed by atoms with Gasteiger partial charge in [-0.15, -0.1) is 0 Å². The van der Waals surface area contributed by atoms with E-state index >= 15 is 0 Å². The number of carbonyl (C=O) groups is 1. The summed E-state index contributed by atoms with van der Waals surface area (Å²) in [5.74, 6) is 0.600. The quantitative estimate of drug-likeness (QED) is 0.838. The molecule has 0 spiro atoms. The Balaban J connectivity index is 1.35. The van der Waals surface area contributed by atoms with E-state index < -0.39 is 0 Å². The summed E-state index contributed by atoms with van der Waals surface area (Å²) in [6, 6.07) is 4.30. The van der Waals surface area contributed by atoms with Gasteiger partial charge in [-0.05, 0) is 18.9 Å². The van der Waals surface area contributed by atoms with Crippen molar-refractivity contribution >= 4 is 5.91 Å². The standard InChI is InChI=1S/C18H25N3O3/c22-18(21-9-7-20(8-10-21)15-2-1-3-15)14-4-6-19-17(12-14)24-16-5-11-23-13-16/h4,6,12,15-16H,1-3,5,7-11,13H2. The summed E-state index contributed by atoms with van der Waals surface area (Å²) < 4.78 is 11.1. The first-order valence-corrected chi connectivity index (χ1v) is 9.03. The molecule has 1 unspecified atom stereocenters. The van der Waals surface area contributed by atoms with Crippen molar-refractivity contribution in [1.29, 1.82) is 0 Å². The molecule has 1 aromatic rings. The van der Waals surface area contributed by atoms with Gasteiger partial charge < -0.3 is 14.4 Å². The molecule has 6 nitrogen and oxygen atoms in total. The van der Waals surface area contributed by atoms with Crippen LogP contribution in [0.3, 0.4) is 0 Å². The van der Waals surface area contributed by atoms with Crippen molar-refractivity contribution in [2.45, 2.75) is 37.8 Å². The van der Waals surface area contributed by atoms with Crippen LogP contribution < -0.4 is 4.74 Å². The Morgan fingerprint density at radius 3 is 2.71 bits per heavy atom. The molecule has 1 atom stereocenters. The fourth-order valence-electron chi connectivity index (χ4n) is 3.61. The van der Waals surface area contributed by atoms with Crippen LogP contribution in [-0.4, -0.2) is 72.2 Å². The van der Waals surface area contributed by atoms with Crippen molar-refractivity contribution in [3.63, 3.8) is 0 Å². The van der Waals surface area contributed by atoms with E-state index in [1.54, 1.807) is 18.3 Å². The SMILES string of the molecule is O=C(c1ccnc(OC2CCOC2)c1)N1CCN(C2CCC2)CC1. The van der Waals surface area contributed by atoms with Crippen LogP contribution in [0.25, 0.3) is 0 Å². The number of nitrogens with zero attached hydrogens (tertiary/aromatic N) is 3. The second kappa shape index (κ2) is 7.07. The van der Waals surface area contributed by atoms with Crippen LogP contribution in [0.1, 0.15) is 36.0 Å². The first kappa shape index (κ1) is 15.8. The van der Waals surface area contributed by atoms with Crippen LogP contribution in [-0.2, 0) is 4.74 Å². The molecule has 1 saturated carbocycles. The van der Waals surface area contributed by atoms with Gasteiger partial charge in [0.05, 0.1) is 13.2 Å². The second-order valence-corrected chi connectivity index (χ2v) is 6.90. The van der Waals surface area contributed by atoms with Crippen LogP contribution in [0, 0.1) is 0 Å². The smallest absolute Gasteiger partial charge is 0.254 e. The van der Waals surface area contributed by atoms with Gasteiger partial charge >= 0.3 is 0 Å². The molecule has 0 aromatic carbocycles. The first-order chi connectivity index (χ1) is 11.8. The number of carbonyl (C=O) groups excluding carboxylic acids is 1. The lowest BCUT2D eigenvalue weighted by molar-refractivity contribution is 0.0455. The van der Waals surface area contributed by atoms with E-state index in [9.17, 15) is 4.79 Å². The first-order valence-electron chi connectivity index (χ1n) is 9.03. The zero-order valence-corrected chi connectivity index (χ0v) is 14.0. The molecule has 3 fully saturated rings. The minimum absolute atomic E-state index is 0.0499. The van der Waals surface area contributed by atoms with Crippen LogP contribution in [0.15, 0.2) is 18.3 Å². The van der Waals surface area contributed by atoms with E-state index in [2.05, 4.69) is 9.88 Å². The van der Waals surface area contributed by atoms with Crippen LogP contribution in [0.4, 0.5) is 0 Å². The van der Waals surface area contributed by atoms with Crippen molar-refractivity contribution in [3.05, 3.63) is 23.9 Å². The van der Waals surface area contributed by atoms with E-state index in [0.29, 0.717) is 18.1 Å². The predicted octanol–water partition coefficient (Wildman–Crippen LogP) is 1.56. The van der Waals surface area contributed by atoms with E-state index in [1.807, 2.05) is 4.90 Å². The maximum absolute atomic E-state index is 12.7. The Kier molecular flexibility index (Phi) is 4.67. The van der Waals surface area contributed by atoms with Gasteiger partial charge in [0.25, 0.3) is 5.91 Å². The number of piperazine rings is 1. The summed E-state index contributed by atoms with van der Waals surface area (Å²) in [5, 5.41) is 0. The van der Waals surface area contributed by atoms with E-state index in [4.69, 9.17) is 9.47 Å². The topological polar surface area (TPSA) is 54.9 Å². The summed E-state index contributed by atoms with van der Waals surface area (Å²) in [4.78, 5) is 21.5. The van der Waals surface area contributed by atoms with Gasteiger partial charge in [0.2, 0.25) is 5.88 Å². The molecule has 24 heavy (non-hydrogen) atoms. The largest absolute Gasteiger partial charge is 0.472 e. The molecule has 0 radical (unpaired) electrons. The molecule has 0 bridgehead atoms. The molecule has 130 valence electrons. The van der Waals surface area contributed by atoms with Crippen LogP contribution in [0.2, 0.25) is 0 Å². The molecule has 1 aromatic heterocycles. The number of amides is 1. The highest BCUT2D eigenvalue weighted by Gasteiger charge is 2.29. The lowest BCUT2D eigenvalue weighted by Crippen LogP contribution is -2.53. The third kappa shape index (κ3) is 3.39. The summed E-state index contributed by atoms with van der Waals surface area (Å²) in [7, 11) is 0. The van der Waals surface area contributed by atoms with Gasteiger partial charge in [-0.2, -0.15) is 0 Å². The zero-order valence-electron chi connectivity index (χ0n) is 14.0. The molecule has 0 N–H and O–H groups in total. The fourth-order valence-corrected chi connectivity index (χ4v) is 3.61. The lowest BCUT2D eigenvalue weighted by Gasteiger charge is -2.42. The third-order valence-electron chi connectivity index (χ3n) is 5.35. The lowest BCUT2D eigenvalue weighted by atomic mass is 9.91. The summed E-state index contributed by atoms with van der Waals surface area (Å²) in [5.41, 5.74) is 0.663. The Bertz CT molecular complexity index is 577. The molecular weight excluding hydrogens is 306 g/mol. The minimum atomic E-state index is 0.0499. The number of rotatable bonds is 4. The van der Waals surface area contributed by atoms with Crippen LogP contribution in [0.5, 0.6) is 5.88 Å². The number of aromatic nitrogens is 1. The number of pyridine rings is 1. The van der Waals surface area contributed by atoms with Crippen molar-refractivity contribution in [2.24, 2.45) is 0 Å². The molecular formula is C18H25N3O3. The fraction of sp³-hybridized carbons (Fsp3) is 0.667. The molecule has 2 saturated heterocycles. The third-order valence-corrected chi connectivity index (χ3v) is 5.35. The number of hydrogen-bond donors (Lipinski definition) is 0. The maximum Gasteiger partial charge on any atom is 0.254 e. The average molecular weight is 331 g/mol. The number of hydrogen-bond acceptors (Lipinski definition) is 5. The van der Waals surface area contributed by atoms with Crippen molar-refractivity contribution in [2.75, 3.05) is 39.4 Å². The normalized spacial score (nSPS) is 25.5. The Labute approximate surface area is 142 Å². The van der Waals surface area contributed by atoms with Gasteiger partial charge in [0.1, 0.15) is 6.10 Å². The van der Waals surface area contributed by atoms with Crippen molar-refractivity contribution in [1.82, 2.24) is 14.8 Å². The van der Waals surface area contributed by atoms with Crippen molar-refractivity contribution < 1.29 is 14.3 Å². The molecule has 3 heterocycles. The molecule has 6 heteroatoms. The Hall–Kier alpha value is -1.66. The van der Waals surface area contributed by atoms with Gasteiger partial charge in [-0.1, -0.05) is 6.42 Å². The molecule has 1 aliphatic carbocycles. The summed E-state index contributed by atoms with van der Waals surface area (Å²) >= 11 is 0. The molecule has 2 aliphatic heterocycles. The molecule has 3 aliphatic rings. The highest BCUT2D eigenvalue weighted by atomic mass is 16.5. The van der Waals surface area contributed by atoms with Crippen LogP contribution >= 0.6 is 0 Å². The highest BCUT2D eigenvalue weighted by Crippen LogP contribution is 2.26. The van der Waals surface area contributed by atoms with Gasteiger partial charge in [0, 0.05) is 56.5 Å². The second-order valence-electron chi connectivity index (χ2n) is 6.90. The average Bonchev–Trinajstić information content (AvgIpc) is 3.07. The van der Waals surface area contributed by atoms with Gasteiger partial charge in [-0.3, -0.25) is 9.69 Å². The van der Waals surface area contributed by atoms with Gasteiger partial charge in [0.15, 0.2) is 0 Å². The Morgan fingerprint density at radius 2 is 2.04 bits per heavy atom. The molecule has 4 rings (SSSR count). The van der Waals surface area contributed by atoms with E-state index in [1.165, 1.54) is 19.3 Å². The van der Waals surface area contributed by atoms with E-state index in [-0.39, 0.29) is 12.0 Å². The highest BCUT2D eigenvalue weighted by molar-refractivity contribution is 5.94. The van der Waals surface area contributed by atoms with Gasteiger partial charge in [-0.25, -0.2) is 4.98 Å². The maximum atomic E-state index is 12.7. The number of ether oxygens (including phenoxy) is 2. The van der Waals surface area contributed by atoms with E-state index in [0.717, 1.165) is 45.2 Å². The summed E-state index contributed by atoms with van der Waals surface area (Å²) in [6.45, 7) is 4.93. The monoisotopic (exact) mass is 331 g/mol. The predicted molar refractivity (Wildman–Crippen MR) is 89.2 cm³/mol.